The van der Waals surface area contributed by atoms with E-state index in [-0.39, 0.29) is 5.56 Å². The summed E-state index contributed by atoms with van der Waals surface area (Å²) in [4.78, 5) is 21.9. The quantitative estimate of drug-likeness (QED) is 0.438. The Kier molecular flexibility index (Phi) is 4.68. The molecule has 138 valence electrons. The Balaban J connectivity index is 1.86. The molecule has 6 heteroatoms. The minimum absolute atomic E-state index is 0.140. The lowest BCUT2D eigenvalue weighted by molar-refractivity contribution is 0.946. The van der Waals surface area contributed by atoms with Crippen molar-refractivity contribution >= 4 is 23.1 Å². The number of pyridine rings is 1. The maximum absolute atomic E-state index is 13.2. The lowest BCUT2D eigenvalue weighted by Gasteiger charge is -2.15. The molecule has 1 N–H and O–H groups in total. The Labute approximate surface area is 162 Å². The Bertz CT molecular complexity index is 1230. The van der Waals surface area contributed by atoms with Gasteiger partial charge in [0, 0.05) is 12.4 Å². The SMILES string of the molecule is Cc1ccc(-n2c(N/N=C\c3ccncc3)nc3ccccc3c2=O)c(C)c1. The van der Waals surface area contributed by atoms with Crippen LogP contribution >= 0.6 is 0 Å². The molecule has 0 aliphatic heterocycles. The van der Waals surface area contributed by atoms with E-state index in [0.717, 1.165) is 22.4 Å². The summed E-state index contributed by atoms with van der Waals surface area (Å²) >= 11 is 0. The van der Waals surface area contributed by atoms with Crippen molar-refractivity contribution in [3.63, 3.8) is 0 Å². The first-order valence-corrected chi connectivity index (χ1v) is 8.92. The third kappa shape index (κ3) is 3.40. The molecule has 0 saturated heterocycles. The molecule has 2 aromatic heterocycles. The van der Waals surface area contributed by atoms with Gasteiger partial charge in [0.25, 0.3) is 5.56 Å². The summed E-state index contributed by atoms with van der Waals surface area (Å²) in [6.07, 6.45) is 5.05. The zero-order chi connectivity index (χ0) is 19.5. The van der Waals surface area contributed by atoms with Crippen LogP contribution in [0.3, 0.4) is 0 Å². The normalized spacial score (nSPS) is 11.2. The molecule has 4 aromatic rings. The summed E-state index contributed by atoms with van der Waals surface area (Å²) in [7, 11) is 0. The number of hydrazone groups is 1. The highest BCUT2D eigenvalue weighted by Gasteiger charge is 2.14. The van der Waals surface area contributed by atoms with Crippen LogP contribution in [0, 0.1) is 13.8 Å². The summed E-state index contributed by atoms with van der Waals surface area (Å²) < 4.78 is 1.57. The minimum atomic E-state index is -0.140. The third-order valence-electron chi connectivity index (χ3n) is 4.45. The van der Waals surface area contributed by atoms with Gasteiger partial charge in [-0.1, -0.05) is 29.8 Å². The largest absolute Gasteiger partial charge is 0.268 e. The number of para-hydroxylation sites is 1. The minimum Gasteiger partial charge on any atom is -0.268 e. The lowest BCUT2D eigenvalue weighted by Crippen LogP contribution is -2.23. The maximum atomic E-state index is 13.2. The van der Waals surface area contributed by atoms with Gasteiger partial charge in [0.2, 0.25) is 5.95 Å². The van der Waals surface area contributed by atoms with Crippen LogP contribution < -0.4 is 11.0 Å². The monoisotopic (exact) mass is 369 g/mol. The predicted molar refractivity (Wildman–Crippen MR) is 112 cm³/mol. The van der Waals surface area contributed by atoms with Crippen LogP contribution in [0.15, 0.2) is 76.9 Å². The molecular weight excluding hydrogens is 350 g/mol. The van der Waals surface area contributed by atoms with Gasteiger partial charge >= 0.3 is 0 Å². The predicted octanol–water partition coefficient (Wildman–Crippen LogP) is 3.84. The van der Waals surface area contributed by atoms with Crippen molar-refractivity contribution in [2.24, 2.45) is 5.10 Å². The summed E-state index contributed by atoms with van der Waals surface area (Å²) in [6, 6.07) is 16.9. The van der Waals surface area contributed by atoms with Crippen LogP contribution in [0.4, 0.5) is 5.95 Å². The fraction of sp³-hybridized carbons (Fsp3) is 0.0909. The van der Waals surface area contributed by atoms with Crippen molar-refractivity contribution in [3.8, 4) is 5.69 Å². The van der Waals surface area contributed by atoms with E-state index in [9.17, 15) is 4.79 Å². The van der Waals surface area contributed by atoms with Crippen LogP contribution in [0.2, 0.25) is 0 Å². The molecule has 0 amide bonds. The second kappa shape index (κ2) is 7.44. The first kappa shape index (κ1) is 17.6. The third-order valence-corrected chi connectivity index (χ3v) is 4.45. The number of benzene rings is 2. The molecule has 0 aliphatic carbocycles. The molecule has 0 spiro atoms. The van der Waals surface area contributed by atoms with E-state index in [1.807, 2.05) is 62.4 Å². The van der Waals surface area contributed by atoms with Crippen molar-refractivity contribution in [2.75, 3.05) is 5.43 Å². The van der Waals surface area contributed by atoms with Crippen molar-refractivity contribution in [1.29, 1.82) is 0 Å². The number of nitrogens with one attached hydrogen (secondary N) is 1. The van der Waals surface area contributed by atoms with E-state index < -0.39 is 0 Å². The van der Waals surface area contributed by atoms with Gasteiger partial charge in [0.1, 0.15) is 0 Å². The fourth-order valence-corrected chi connectivity index (χ4v) is 3.10. The van der Waals surface area contributed by atoms with E-state index in [4.69, 9.17) is 0 Å². The standard InChI is InChI=1S/C22H19N5O/c1-15-7-8-20(16(2)13-15)27-21(28)18-5-3-4-6-19(18)25-22(27)26-24-14-17-9-11-23-12-10-17/h3-14H,1-2H3,(H,25,26)/b24-14-. The first-order chi connectivity index (χ1) is 13.6. The molecule has 0 radical (unpaired) electrons. The van der Waals surface area contributed by atoms with Gasteiger partial charge in [-0.25, -0.2) is 15.0 Å². The molecule has 0 aliphatic rings. The molecule has 0 saturated carbocycles. The van der Waals surface area contributed by atoms with Gasteiger partial charge < -0.3 is 0 Å². The molecule has 2 aromatic carbocycles. The average molecular weight is 369 g/mol. The summed E-state index contributed by atoms with van der Waals surface area (Å²) in [5.74, 6) is 0.362. The maximum Gasteiger partial charge on any atom is 0.267 e. The number of anilines is 1. The highest BCUT2D eigenvalue weighted by atomic mass is 16.1. The van der Waals surface area contributed by atoms with Crippen LogP contribution in [-0.2, 0) is 0 Å². The smallest absolute Gasteiger partial charge is 0.267 e. The van der Waals surface area contributed by atoms with Crippen molar-refractivity contribution in [3.05, 3.63) is 94.0 Å². The molecule has 0 fully saturated rings. The number of aryl methyl sites for hydroxylation is 2. The second-order valence-electron chi connectivity index (χ2n) is 6.53. The van der Waals surface area contributed by atoms with Crippen LogP contribution in [0.5, 0.6) is 0 Å². The highest BCUT2D eigenvalue weighted by molar-refractivity contribution is 5.81. The van der Waals surface area contributed by atoms with Crippen LogP contribution in [-0.4, -0.2) is 20.7 Å². The highest BCUT2D eigenvalue weighted by Crippen LogP contribution is 2.20. The van der Waals surface area contributed by atoms with Gasteiger partial charge in [-0.15, -0.1) is 0 Å². The molecule has 0 unspecified atom stereocenters. The second-order valence-corrected chi connectivity index (χ2v) is 6.53. The van der Waals surface area contributed by atoms with E-state index in [0.29, 0.717) is 16.9 Å². The van der Waals surface area contributed by atoms with Gasteiger partial charge in [-0.2, -0.15) is 5.10 Å². The number of hydrogen-bond acceptors (Lipinski definition) is 5. The number of rotatable bonds is 4. The zero-order valence-corrected chi connectivity index (χ0v) is 15.6. The Hall–Kier alpha value is -3.80. The number of fused-ring (bicyclic) bond motifs is 1. The van der Waals surface area contributed by atoms with E-state index in [1.54, 1.807) is 29.2 Å². The van der Waals surface area contributed by atoms with Gasteiger partial charge in [-0.05, 0) is 55.3 Å². The van der Waals surface area contributed by atoms with Gasteiger partial charge in [-0.3, -0.25) is 9.78 Å². The van der Waals surface area contributed by atoms with E-state index >= 15 is 0 Å². The Morgan fingerprint density at radius 1 is 1.04 bits per heavy atom. The molecule has 2 heterocycles. The molecular formula is C22H19N5O. The first-order valence-electron chi connectivity index (χ1n) is 8.92. The zero-order valence-electron chi connectivity index (χ0n) is 15.6. The van der Waals surface area contributed by atoms with Gasteiger partial charge in [0.05, 0.1) is 22.8 Å². The molecule has 0 atom stereocenters. The fourth-order valence-electron chi connectivity index (χ4n) is 3.10. The van der Waals surface area contributed by atoms with Gasteiger partial charge in [0.15, 0.2) is 0 Å². The van der Waals surface area contributed by atoms with Crippen molar-refractivity contribution in [1.82, 2.24) is 14.5 Å². The molecule has 0 bridgehead atoms. The molecule has 28 heavy (non-hydrogen) atoms. The summed E-state index contributed by atoms with van der Waals surface area (Å²) in [6.45, 7) is 4.00. The number of aromatic nitrogens is 3. The summed E-state index contributed by atoms with van der Waals surface area (Å²) in [5.41, 5.74) is 7.20. The summed E-state index contributed by atoms with van der Waals surface area (Å²) in [5, 5.41) is 4.83. The molecule has 4 rings (SSSR count). The van der Waals surface area contributed by atoms with E-state index in [2.05, 4.69) is 20.5 Å². The van der Waals surface area contributed by atoms with Crippen LogP contribution in [0.25, 0.3) is 16.6 Å². The van der Waals surface area contributed by atoms with Crippen LogP contribution in [0.1, 0.15) is 16.7 Å². The molecule has 6 nitrogen and oxygen atoms in total. The number of hydrogen-bond donors (Lipinski definition) is 1. The van der Waals surface area contributed by atoms with E-state index in [1.165, 1.54) is 0 Å². The average Bonchev–Trinajstić information content (AvgIpc) is 2.70. The Morgan fingerprint density at radius 3 is 2.61 bits per heavy atom. The van der Waals surface area contributed by atoms with Crippen molar-refractivity contribution < 1.29 is 0 Å². The van der Waals surface area contributed by atoms with Crippen molar-refractivity contribution in [2.45, 2.75) is 13.8 Å². The topological polar surface area (TPSA) is 72.2 Å². The number of nitrogens with zero attached hydrogens (tertiary/aromatic N) is 4. The lowest BCUT2D eigenvalue weighted by atomic mass is 10.1. The Morgan fingerprint density at radius 2 is 1.82 bits per heavy atom.